The molecule has 1 fully saturated rings. The van der Waals surface area contributed by atoms with Gasteiger partial charge in [-0.1, -0.05) is 32.6 Å². The Morgan fingerprint density at radius 1 is 1.26 bits per heavy atom. The highest BCUT2D eigenvalue weighted by atomic mass is 16.6. The van der Waals surface area contributed by atoms with Crippen molar-refractivity contribution in [3.8, 4) is 0 Å². The summed E-state index contributed by atoms with van der Waals surface area (Å²) in [5.41, 5.74) is -0.463. The van der Waals surface area contributed by atoms with E-state index < -0.39 is 17.5 Å². The average Bonchev–Trinajstić information content (AvgIpc) is 2.37. The summed E-state index contributed by atoms with van der Waals surface area (Å²) >= 11 is 0. The van der Waals surface area contributed by atoms with Crippen LogP contribution in [0.3, 0.4) is 0 Å². The molecule has 4 nitrogen and oxygen atoms in total. The zero-order valence-corrected chi connectivity index (χ0v) is 11.9. The van der Waals surface area contributed by atoms with Crippen LogP contribution in [0, 0.1) is 5.92 Å². The molecule has 0 aromatic carbocycles. The Labute approximate surface area is 114 Å². The number of carbonyl (C=O) groups excluding carboxylic acids is 1. The van der Waals surface area contributed by atoms with E-state index in [1.807, 2.05) is 6.92 Å². The number of carbonyl (C=O) groups is 2. The lowest BCUT2D eigenvalue weighted by molar-refractivity contribution is -0.160. The van der Waals surface area contributed by atoms with E-state index in [4.69, 9.17) is 9.84 Å². The molecular formula is C15H24O4. The smallest absolute Gasteiger partial charge is 0.331 e. The number of esters is 1. The number of aliphatic carboxylic acids is 1. The van der Waals surface area contributed by atoms with E-state index in [2.05, 4.69) is 6.92 Å². The highest BCUT2D eigenvalue weighted by Crippen LogP contribution is 2.38. The van der Waals surface area contributed by atoms with Gasteiger partial charge in [-0.05, 0) is 32.1 Å². The van der Waals surface area contributed by atoms with Crippen LogP contribution in [0.25, 0.3) is 0 Å². The van der Waals surface area contributed by atoms with Crippen LogP contribution in [-0.2, 0) is 14.3 Å². The molecule has 0 aliphatic heterocycles. The van der Waals surface area contributed by atoms with Crippen LogP contribution < -0.4 is 0 Å². The second kappa shape index (κ2) is 7.31. The summed E-state index contributed by atoms with van der Waals surface area (Å²) in [7, 11) is 0. The topological polar surface area (TPSA) is 63.6 Å². The van der Waals surface area contributed by atoms with Gasteiger partial charge in [-0.15, -0.1) is 0 Å². The Kier molecular flexibility index (Phi) is 6.06. The third kappa shape index (κ3) is 5.05. The van der Waals surface area contributed by atoms with Gasteiger partial charge in [0.15, 0.2) is 0 Å². The minimum absolute atomic E-state index is 0.392. The van der Waals surface area contributed by atoms with Crippen LogP contribution >= 0.6 is 0 Å². The van der Waals surface area contributed by atoms with Crippen molar-refractivity contribution >= 4 is 11.9 Å². The number of hydrogen-bond acceptors (Lipinski definition) is 3. The van der Waals surface area contributed by atoms with Crippen molar-refractivity contribution < 1.29 is 19.4 Å². The minimum Gasteiger partial charge on any atom is -0.478 e. The zero-order chi connectivity index (χ0) is 14.3. The molecule has 1 aliphatic carbocycles. The van der Waals surface area contributed by atoms with Crippen LogP contribution in [0.1, 0.15) is 58.8 Å². The Morgan fingerprint density at radius 3 is 2.42 bits per heavy atom. The lowest BCUT2D eigenvalue weighted by atomic mass is 9.75. The van der Waals surface area contributed by atoms with Gasteiger partial charge in [0.05, 0.1) is 0 Å². The normalized spacial score (nSPS) is 20.1. The molecule has 0 radical (unpaired) electrons. The fourth-order valence-corrected chi connectivity index (χ4v) is 2.95. The van der Waals surface area contributed by atoms with Crippen molar-refractivity contribution in [3.05, 3.63) is 12.2 Å². The fraction of sp³-hybridized carbons (Fsp3) is 0.733. The summed E-state index contributed by atoms with van der Waals surface area (Å²) in [6.45, 7) is 4.06. The van der Waals surface area contributed by atoms with Crippen LogP contribution in [0.4, 0.5) is 0 Å². The van der Waals surface area contributed by atoms with Gasteiger partial charge >= 0.3 is 11.9 Å². The predicted octanol–water partition coefficient (Wildman–Crippen LogP) is 3.31. The first kappa shape index (κ1) is 15.7. The molecule has 0 aromatic heterocycles. The molecule has 0 aromatic rings. The van der Waals surface area contributed by atoms with E-state index in [0.29, 0.717) is 5.92 Å². The standard InChI is InChI=1S/C15H24O4/c1-3-11-15(2,12-7-5-4-6-8-12)19-14(18)10-9-13(16)17/h9-10,12H,3-8,11H2,1-2H3,(H,16,17)/b10-9+. The van der Waals surface area contributed by atoms with Crippen LogP contribution in [-0.4, -0.2) is 22.6 Å². The van der Waals surface area contributed by atoms with Crippen LogP contribution in [0.2, 0.25) is 0 Å². The molecule has 1 rings (SSSR count). The lowest BCUT2D eigenvalue weighted by Crippen LogP contribution is -2.40. The molecule has 1 atom stereocenters. The highest BCUT2D eigenvalue weighted by molar-refractivity contribution is 5.90. The van der Waals surface area contributed by atoms with Crippen molar-refractivity contribution in [2.75, 3.05) is 0 Å². The summed E-state index contributed by atoms with van der Waals surface area (Å²) in [5.74, 6) is -1.29. The van der Waals surface area contributed by atoms with E-state index in [1.165, 1.54) is 19.3 Å². The first-order chi connectivity index (χ1) is 8.98. The second-order valence-corrected chi connectivity index (χ2v) is 5.49. The Bertz CT molecular complexity index is 342. The molecule has 4 heteroatoms. The zero-order valence-electron chi connectivity index (χ0n) is 11.9. The van der Waals surface area contributed by atoms with Gasteiger partial charge in [0, 0.05) is 12.2 Å². The van der Waals surface area contributed by atoms with E-state index in [1.54, 1.807) is 0 Å². The first-order valence-corrected chi connectivity index (χ1v) is 7.12. The van der Waals surface area contributed by atoms with Crippen molar-refractivity contribution in [3.63, 3.8) is 0 Å². The van der Waals surface area contributed by atoms with Gasteiger partial charge in [-0.25, -0.2) is 9.59 Å². The summed E-state index contributed by atoms with van der Waals surface area (Å²) in [6, 6.07) is 0. The van der Waals surface area contributed by atoms with E-state index >= 15 is 0 Å². The molecule has 19 heavy (non-hydrogen) atoms. The maximum absolute atomic E-state index is 11.7. The molecule has 1 N–H and O–H groups in total. The molecule has 108 valence electrons. The Hall–Kier alpha value is -1.32. The third-order valence-corrected chi connectivity index (χ3v) is 3.91. The molecule has 1 aliphatic rings. The van der Waals surface area contributed by atoms with Gasteiger partial charge < -0.3 is 9.84 Å². The largest absolute Gasteiger partial charge is 0.478 e. The fourth-order valence-electron chi connectivity index (χ4n) is 2.95. The molecule has 1 unspecified atom stereocenters. The average molecular weight is 268 g/mol. The van der Waals surface area contributed by atoms with Crippen LogP contribution in [0.15, 0.2) is 12.2 Å². The molecule has 0 bridgehead atoms. The van der Waals surface area contributed by atoms with Gasteiger partial charge in [0.1, 0.15) is 5.60 Å². The maximum Gasteiger partial charge on any atom is 0.331 e. The lowest BCUT2D eigenvalue weighted by Gasteiger charge is -2.39. The molecule has 0 spiro atoms. The number of rotatable bonds is 6. The van der Waals surface area contributed by atoms with E-state index in [9.17, 15) is 9.59 Å². The van der Waals surface area contributed by atoms with Gasteiger partial charge in [-0.2, -0.15) is 0 Å². The molecular weight excluding hydrogens is 244 g/mol. The first-order valence-electron chi connectivity index (χ1n) is 7.12. The molecule has 0 amide bonds. The van der Waals surface area contributed by atoms with Crippen molar-refractivity contribution in [2.45, 2.75) is 64.4 Å². The number of carboxylic acids is 1. The number of carboxylic acid groups (broad SMARTS) is 1. The van der Waals surface area contributed by atoms with Gasteiger partial charge in [0.2, 0.25) is 0 Å². The molecule has 1 saturated carbocycles. The minimum atomic E-state index is -1.13. The second-order valence-electron chi connectivity index (χ2n) is 5.49. The van der Waals surface area contributed by atoms with Gasteiger partial charge in [0.25, 0.3) is 0 Å². The number of ether oxygens (including phenoxy) is 1. The maximum atomic E-state index is 11.7. The molecule has 0 heterocycles. The Balaban J connectivity index is 2.69. The summed E-state index contributed by atoms with van der Waals surface area (Å²) < 4.78 is 5.58. The SMILES string of the molecule is CCCC(C)(OC(=O)/C=C/C(=O)O)C1CCCCC1. The summed E-state index contributed by atoms with van der Waals surface area (Å²) in [4.78, 5) is 22.1. The van der Waals surface area contributed by atoms with Gasteiger partial charge in [-0.3, -0.25) is 0 Å². The molecule has 0 saturated heterocycles. The quantitative estimate of drug-likeness (QED) is 0.593. The Morgan fingerprint density at radius 2 is 1.89 bits per heavy atom. The third-order valence-electron chi connectivity index (χ3n) is 3.91. The monoisotopic (exact) mass is 268 g/mol. The predicted molar refractivity (Wildman–Crippen MR) is 72.8 cm³/mol. The van der Waals surface area contributed by atoms with Crippen molar-refractivity contribution in [1.82, 2.24) is 0 Å². The van der Waals surface area contributed by atoms with Crippen molar-refractivity contribution in [2.24, 2.45) is 5.92 Å². The van der Waals surface area contributed by atoms with Crippen LogP contribution in [0.5, 0.6) is 0 Å². The highest BCUT2D eigenvalue weighted by Gasteiger charge is 2.37. The van der Waals surface area contributed by atoms with Crippen molar-refractivity contribution in [1.29, 1.82) is 0 Å². The van der Waals surface area contributed by atoms with E-state index in [0.717, 1.165) is 37.8 Å². The summed E-state index contributed by atoms with van der Waals surface area (Å²) in [6.07, 6.45) is 9.41. The summed E-state index contributed by atoms with van der Waals surface area (Å²) in [5, 5.41) is 8.52. The van der Waals surface area contributed by atoms with E-state index in [-0.39, 0.29) is 0 Å². The number of hydrogen-bond donors (Lipinski definition) is 1.